The fourth-order valence-corrected chi connectivity index (χ4v) is 1.28. The molecule has 0 bridgehead atoms. The molecule has 1 rings (SSSR count). The van der Waals surface area contributed by atoms with Crippen molar-refractivity contribution in [2.75, 3.05) is 5.32 Å². The molecule has 1 heterocycles. The fraction of sp³-hybridized carbons (Fsp3) is 0.500. The van der Waals surface area contributed by atoms with E-state index in [4.69, 9.17) is 5.11 Å². The van der Waals surface area contributed by atoms with Gasteiger partial charge in [0.2, 0.25) is 11.0 Å². The van der Waals surface area contributed by atoms with Crippen LogP contribution in [0.1, 0.15) is 18.9 Å². The smallest absolute Gasteiger partial charge is 0.318 e. The number of nitrogens with zero attached hydrogens (tertiary/aromatic N) is 2. The van der Waals surface area contributed by atoms with Crippen molar-refractivity contribution in [1.29, 1.82) is 0 Å². The number of aliphatic carboxylic acids is 1. The lowest BCUT2D eigenvalue weighted by Crippen LogP contribution is -2.37. The summed E-state index contributed by atoms with van der Waals surface area (Å²) in [6.45, 7) is 4.41. The number of amides is 1. The summed E-state index contributed by atoms with van der Waals surface area (Å²) in [5.41, 5.74) is -1.47. The summed E-state index contributed by atoms with van der Waals surface area (Å²) >= 11 is 1.20. The first-order valence-corrected chi connectivity index (χ1v) is 5.00. The Kier molecular flexibility index (Phi) is 3.04. The number of hydrogen-bond acceptors (Lipinski definition) is 5. The van der Waals surface area contributed by atoms with E-state index in [-0.39, 0.29) is 0 Å². The zero-order valence-electron chi connectivity index (χ0n) is 8.57. The average molecular weight is 229 g/mol. The normalized spacial score (nSPS) is 11.1. The Balaban J connectivity index is 2.76. The summed E-state index contributed by atoms with van der Waals surface area (Å²) in [6.07, 6.45) is 0. The van der Waals surface area contributed by atoms with Crippen LogP contribution in [0, 0.1) is 12.3 Å². The highest BCUT2D eigenvalue weighted by Gasteiger charge is 2.36. The van der Waals surface area contributed by atoms with E-state index in [1.807, 2.05) is 0 Å². The number of carbonyl (C=O) groups is 2. The molecule has 0 aliphatic carbocycles. The molecule has 0 spiro atoms. The zero-order valence-corrected chi connectivity index (χ0v) is 9.38. The minimum absolute atomic E-state index is 0.312. The number of anilines is 1. The van der Waals surface area contributed by atoms with Crippen molar-refractivity contribution in [2.45, 2.75) is 20.8 Å². The van der Waals surface area contributed by atoms with Gasteiger partial charge >= 0.3 is 5.97 Å². The summed E-state index contributed by atoms with van der Waals surface area (Å²) in [5, 5.41) is 19.6. The molecule has 82 valence electrons. The largest absolute Gasteiger partial charge is 0.480 e. The number of carboxylic acids is 1. The Morgan fingerprint density at radius 1 is 1.40 bits per heavy atom. The third-order valence-electron chi connectivity index (χ3n) is 1.85. The first kappa shape index (κ1) is 11.6. The lowest BCUT2D eigenvalue weighted by molar-refractivity contribution is -0.151. The Bertz CT molecular complexity index is 400. The van der Waals surface area contributed by atoms with Gasteiger partial charge in [0.15, 0.2) is 0 Å². The van der Waals surface area contributed by atoms with E-state index in [2.05, 4.69) is 15.5 Å². The number of aromatic nitrogens is 2. The van der Waals surface area contributed by atoms with Gasteiger partial charge < -0.3 is 5.11 Å². The molecule has 15 heavy (non-hydrogen) atoms. The van der Waals surface area contributed by atoms with Crippen LogP contribution in [0.4, 0.5) is 5.13 Å². The van der Waals surface area contributed by atoms with Gasteiger partial charge in [0.25, 0.3) is 0 Å². The lowest BCUT2D eigenvalue weighted by atomic mass is 9.93. The van der Waals surface area contributed by atoms with E-state index >= 15 is 0 Å². The van der Waals surface area contributed by atoms with Gasteiger partial charge in [-0.2, -0.15) is 0 Å². The van der Waals surface area contributed by atoms with Gasteiger partial charge in [-0.1, -0.05) is 11.3 Å². The van der Waals surface area contributed by atoms with Crippen LogP contribution in [0.15, 0.2) is 0 Å². The average Bonchev–Trinajstić information content (AvgIpc) is 2.50. The molecule has 2 N–H and O–H groups in total. The van der Waals surface area contributed by atoms with Gasteiger partial charge in [-0.3, -0.25) is 14.9 Å². The second kappa shape index (κ2) is 3.93. The van der Waals surface area contributed by atoms with Gasteiger partial charge in [-0.15, -0.1) is 10.2 Å². The first-order valence-electron chi connectivity index (χ1n) is 4.19. The molecule has 0 saturated heterocycles. The second-order valence-electron chi connectivity index (χ2n) is 3.51. The molecule has 1 aromatic rings. The highest BCUT2D eigenvalue weighted by molar-refractivity contribution is 7.15. The summed E-state index contributed by atoms with van der Waals surface area (Å²) in [4.78, 5) is 22.3. The van der Waals surface area contributed by atoms with E-state index in [0.717, 1.165) is 0 Å². The second-order valence-corrected chi connectivity index (χ2v) is 4.69. The van der Waals surface area contributed by atoms with E-state index in [1.165, 1.54) is 25.2 Å². The highest BCUT2D eigenvalue weighted by atomic mass is 32.1. The van der Waals surface area contributed by atoms with Gasteiger partial charge in [0, 0.05) is 0 Å². The van der Waals surface area contributed by atoms with Crippen molar-refractivity contribution in [3.05, 3.63) is 5.01 Å². The zero-order chi connectivity index (χ0) is 11.6. The van der Waals surface area contributed by atoms with E-state index in [9.17, 15) is 9.59 Å². The van der Waals surface area contributed by atoms with Crippen LogP contribution < -0.4 is 5.32 Å². The summed E-state index contributed by atoms with van der Waals surface area (Å²) < 4.78 is 0. The third-order valence-corrected chi connectivity index (χ3v) is 2.60. The van der Waals surface area contributed by atoms with Crippen LogP contribution in [-0.2, 0) is 9.59 Å². The van der Waals surface area contributed by atoms with Gasteiger partial charge in [0.1, 0.15) is 10.4 Å². The van der Waals surface area contributed by atoms with Crippen LogP contribution in [-0.4, -0.2) is 27.2 Å². The molecule has 6 nitrogen and oxygen atoms in total. The van der Waals surface area contributed by atoms with Gasteiger partial charge in [0.05, 0.1) is 0 Å². The molecule has 1 aromatic heterocycles. The minimum atomic E-state index is -1.47. The molecule has 0 unspecified atom stereocenters. The molecular weight excluding hydrogens is 218 g/mol. The van der Waals surface area contributed by atoms with E-state index in [0.29, 0.717) is 10.1 Å². The first-order chi connectivity index (χ1) is 6.84. The van der Waals surface area contributed by atoms with Gasteiger partial charge in [-0.05, 0) is 20.8 Å². The van der Waals surface area contributed by atoms with Crippen LogP contribution >= 0.6 is 11.3 Å². The summed E-state index contributed by atoms with van der Waals surface area (Å²) in [7, 11) is 0. The number of hydrogen-bond donors (Lipinski definition) is 2. The Morgan fingerprint density at radius 2 is 2.00 bits per heavy atom. The highest BCUT2D eigenvalue weighted by Crippen LogP contribution is 2.20. The monoisotopic (exact) mass is 229 g/mol. The molecule has 0 saturated carbocycles. The van der Waals surface area contributed by atoms with Crippen LogP contribution in [0.3, 0.4) is 0 Å². The maximum atomic E-state index is 11.5. The minimum Gasteiger partial charge on any atom is -0.480 e. The predicted molar refractivity (Wildman–Crippen MR) is 54.7 cm³/mol. The van der Waals surface area contributed by atoms with Crippen molar-refractivity contribution in [1.82, 2.24) is 10.2 Å². The van der Waals surface area contributed by atoms with E-state index < -0.39 is 17.3 Å². The number of aryl methyl sites for hydroxylation is 1. The van der Waals surface area contributed by atoms with Crippen LogP contribution in [0.25, 0.3) is 0 Å². The third kappa shape index (κ3) is 2.50. The fourth-order valence-electron chi connectivity index (χ4n) is 0.698. The van der Waals surface area contributed by atoms with Gasteiger partial charge in [-0.25, -0.2) is 0 Å². The Hall–Kier alpha value is -1.50. The lowest BCUT2D eigenvalue weighted by Gasteiger charge is -2.16. The van der Waals surface area contributed by atoms with Crippen molar-refractivity contribution < 1.29 is 14.7 Å². The van der Waals surface area contributed by atoms with E-state index in [1.54, 1.807) is 6.92 Å². The maximum Gasteiger partial charge on any atom is 0.318 e. The van der Waals surface area contributed by atoms with Crippen molar-refractivity contribution in [2.24, 2.45) is 5.41 Å². The number of nitrogens with one attached hydrogen (secondary N) is 1. The topological polar surface area (TPSA) is 92.2 Å². The maximum absolute atomic E-state index is 11.5. The molecule has 7 heteroatoms. The quantitative estimate of drug-likeness (QED) is 0.751. The summed E-state index contributed by atoms with van der Waals surface area (Å²) in [5.74, 6) is -1.78. The predicted octanol–water partition coefficient (Wildman–Crippen LogP) is 0.896. The summed E-state index contributed by atoms with van der Waals surface area (Å²) in [6, 6.07) is 0. The Morgan fingerprint density at radius 3 is 2.40 bits per heavy atom. The van der Waals surface area contributed by atoms with Crippen molar-refractivity contribution in [3.8, 4) is 0 Å². The molecule has 1 amide bonds. The molecule has 0 radical (unpaired) electrons. The molecule has 0 atom stereocenters. The number of carbonyl (C=O) groups excluding carboxylic acids is 1. The Labute approximate surface area is 90.3 Å². The molecular formula is C8H11N3O3S. The number of carboxylic acid groups (broad SMARTS) is 1. The standard InChI is InChI=1S/C8H11N3O3S/c1-4-10-11-7(15-4)9-5(12)8(2,3)6(13)14/h1-3H3,(H,13,14)(H,9,11,12). The SMILES string of the molecule is Cc1nnc(NC(=O)C(C)(C)C(=O)O)s1. The van der Waals surface area contributed by atoms with Crippen LogP contribution in [0.2, 0.25) is 0 Å². The van der Waals surface area contributed by atoms with Crippen molar-refractivity contribution >= 4 is 28.3 Å². The molecule has 0 fully saturated rings. The van der Waals surface area contributed by atoms with Crippen molar-refractivity contribution in [3.63, 3.8) is 0 Å². The number of rotatable bonds is 3. The molecule has 0 aliphatic heterocycles. The molecule has 0 aliphatic rings. The van der Waals surface area contributed by atoms with Crippen LogP contribution in [0.5, 0.6) is 0 Å². The molecule has 0 aromatic carbocycles.